The van der Waals surface area contributed by atoms with E-state index in [0.717, 1.165) is 5.75 Å². The highest BCUT2D eigenvalue weighted by Crippen LogP contribution is 2.12. The fraction of sp³-hybridized carbons (Fsp3) is 0.500. The summed E-state index contributed by atoms with van der Waals surface area (Å²) in [6, 6.07) is 7.07. The third-order valence-electron chi connectivity index (χ3n) is 2.39. The second-order valence-corrected chi connectivity index (χ2v) is 3.96. The number of carbonyl (C=O) groups is 1. The van der Waals surface area contributed by atoms with Crippen LogP contribution in [0.5, 0.6) is 5.75 Å². The molecule has 1 aromatic carbocycles. The Morgan fingerprint density at radius 3 is 2.50 bits per heavy atom. The van der Waals surface area contributed by atoms with Crippen LogP contribution >= 0.6 is 0 Å². The average Bonchev–Trinajstić information content (AvgIpc) is 2.37. The van der Waals surface area contributed by atoms with Crippen LogP contribution in [0.25, 0.3) is 0 Å². The van der Waals surface area contributed by atoms with E-state index >= 15 is 0 Å². The topological polar surface area (TPSA) is 44.8 Å². The SMILES string of the molecule is CCOc1ccc(C(=O)COC(C)COC)cc1. The molecule has 0 amide bonds. The fourth-order valence-electron chi connectivity index (χ4n) is 1.49. The molecule has 0 aliphatic heterocycles. The number of rotatable bonds is 8. The van der Waals surface area contributed by atoms with E-state index in [1.807, 2.05) is 13.8 Å². The Morgan fingerprint density at radius 2 is 1.94 bits per heavy atom. The molecular formula is C14H20O4. The van der Waals surface area contributed by atoms with Gasteiger partial charge in [-0.05, 0) is 38.1 Å². The van der Waals surface area contributed by atoms with Crippen molar-refractivity contribution in [1.82, 2.24) is 0 Å². The highest BCUT2D eigenvalue weighted by Gasteiger charge is 2.09. The normalized spacial score (nSPS) is 12.2. The van der Waals surface area contributed by atoms with Gasteiger partial charge in [-0.15, -0.1) is 0 Å². The molecule has 1 aromatic rings. The van der Waals surface area contributed by atoms with Gasteiger partial charge in [0.2, 0.25) is 0 Å². The largest absolute Gasteiger partial charge is 0.494 e. The van der Waals surface area contributed by atoms with E-state index in [4.69, 9.17) is 14.2 Å². The van der Waals surface area contributed by atoms with E-state index in [2.05, 4.69) is 0 Å². The molecule has 0 saturated carbocycles. The minimum atomic E-state index is -0.0818. The first kappa shape index (κ1) is 14.7. The van der Waals surface area contributed by atoms with Gasteiger partial charge in [-0.2, -0.15) is 0 Å². The maximum atomic E-state index is 11.8. The van der Waals surface area contributed by atoms with Gasteiger partial charge in [-0.3, -0.25) is 4.79 Å². The number of Topliss-reactive ketones (excluding diaryl/α,β-unsaturated/α-hetero) is 1. The molecule has 0 N–H and O–H groups in total. The number of carbonyl (C=O) groups excluding carboxylic acids is 1. The summed E-state index contributed by atoms with van der Waals surface area (Å²) in [5, 5.41) is 0. The van der Waals surface area contributed by atoms with Crippen molar-refractivity contribution in [2.24, 2.45) is 0 Å². The van der Waals surface area contributed by atoms with Crippen LogP contribution in [-0.4, -0.2) is 38.8 Å². The zero-order valence-corrected chi connectivity index (χ0v) is 11.1. The third kappa shape index (κ3) is 4.85. The van der Waals surface area contributed by atoms with Crippen LogP contribution in [0, 0.1) is 0 Å². The van der Waals surface area contributed by atoms with E-state index in [1.54, 1.807) is 31.4 Å². The van der Waals surface area contributed by atoms with Crippen molar-refractivity contribution in [3.8, 4) is 5.75 Å². The van der Waals surface area contributed by atoms with Crippen molar-refractivity contribution in [2.45, 2.75) is 20.0 Å². The lowest BCUT2D eigenvalue weighted by atomic mass is 10.1. The molecule has 4 nitrogen and oxygen atoms in total. The molecule has 0 aliphatic carbocycles. The molecule has 4 heteroatoms. The molecule has 0 saturated heterocycles. The first-order valence-electron chi connectivity index (χ1n) is 6.04. The molecule has 1 rings (SSSR count). The van der Waals surface area contributed by atoms with Crippen molar-refractivity contribution in [1.29, 1.82) is 0 Å². The summed E-state index contributed by atoms with van der Waals surface area (Å²) in [6.45, 7) is 4.96. The zero-order valence-electron chi connectivity index (χ0n) is 11.1. The van der Waals surface area contributed by atoms with Gasteiger partial charge >= 0.3 is 0 Å². The molecule has 0 radical (unpaired) electrons. The van der Waals surface area contributed by atoms with Crippen molar-refractivity contribution in [3.05, 3.63) is 29.8 Å². The number of ether oxygens (including phenoxy) is 3. The van der Waals surface area contributed by atoms with Crippen molar-refractivity contribution in [3.63, 3.8) is 0 Å². The van der Waals surface area contributed by atoms with Gasteiger partial charge in [0.05, 0.1) is 19.3 Å². The number of ketones is 1. The number of methoxy groups -OCH3 is 1. The fourth-order valence-corrected chi connectivity index (χ4v) is 1.49. The van der Waals surface area contributed by atoms with Gasteiger partial charge in [0.1, 0.15) is 12.4 Å². The molecule has 0 fully saturated rings. The molecule has 0 aliphatic rings. The van der Waals surface area contributed by atoms with Crippen LogP contribution in [0.2, 0.25) is 0 Å². The summed E-state index contributed by atoms with van der Waals surface area (Å²) in [5.41, 5.74) is 0.628. The molecular weight excluding hydrogens is 232 g/mol. The quantitative estimate of drug-likeness (QED) is 0.666. The van der Waals surface area contributed by atoms with Crippen LogP contribution in [0.15, 0.2) is 24.3 Å². The maximum Gasteiger partial charge on any atom is 0.188 e. The third-order valence-corrected chi connectivity index (χ3v) is 2.39. The molecule has 1 atom stereocenters. The van der Waals surface area contributed by atoms with Crippen molar-refractivity contribution < 1.29 is 19.0 Å². The van der Waals surface area contributed by atoms with Gasteiger partial charge < -0.3 is 14.2 Å². The van der Waals surface area contributed by atoms with E-state index in [1.165, 1.54) is 0 Å². The van der Waals surface area contributed by atoms with Gasteiger partial charge in [0.15, 0.2) is 5.78 Å². The number of hydrogen-bond donors (Lipinski definition) is 0. The lowest BCUT2D eigenvalue weighted by Gasteiger charge is -2.11. The second kappa shape index (κ2) is 7.84. The number of hydrogen-bond acceptors (Lipinski definition) is 4. The molecule has 18 heavy (non-hydrogen) atoms. The van der Waals surface area contributed by atoms with E-state index in [9.17, 15) is 4.79 Å². The standard InChI is InChI=1S/C14H20O4/c1-4-17-13-7-5-12(6-8-13)14(15)10-18-11(2)9-16-3/h5-8,11H,4,9-10H2,1-3H3. The van der Waals surface area contributed by atoms with Crippen LogP contribution in [-0.2, 0) is 9.47 Å². The highest BCUT2D eigenvalue weighted by atomic mass is 16.5. The smallest absolute Gasteiger partial charge is 0.188 e. The predicted octanol–water partition coefficient (Wildman–Crippen LogP) is 2.32. The highest BCUT2D eigenvalue weighted by molar-refractivity contribution is 5.97. The van der Waals surface area contributed by atoms with Crippen LogP contribution < -0.4 is 4.74 Å². The van der Waals surface area contributed by atoms with Crippen molar-refractivity contribution >= 4 is 5.78 Å². The zero-order chi connectivity index (χ0) is 13.4. The molecule has 0 heterocycles. The van der Waals surface area contributed by atoms with Gasteiger partial charge in [0, 0.05) is 12.7 Å². The van der Waals surface area contributed by atoms with Crippen LogP contribution in [0.1, 0.15) is 24.2 Å². The van der Waals surface area contributed by atoms with E-state index < -0.39 is 0 Å². The van der Waals surface area contributed by atoms with Gasteiger partial charge in [0.25, 0.3) is 0 Å². The summed E-state index contributed by atoms with van der Waals surface area (Å²) in [6.07, 6.45) is -0.0818. The average molecular weight is 252 g/mol. The molecule has 0 aromatic heterocycles. The Kier molecular flexibility index (Phi) is 6.39. The maximum absolute atomic E-state index is 11.8. The van der Waals surface area contributed by atoms with Crippen LogP contribution in [0.4, 0.5) is 0 Å². The lowest BCUT2D eigenvalue weighted by molar-refractivity contribution is 0.0125. The molecule has 1 unspecified atom stereocenters. The minimum absolute atomic E-state index is 0.0407. The first-order valence-corrected chi connectivity index (χ1v) is 6.04. The summed E-state index contributed by atoms with van der Waals surface area (Å²) < 4.78 is 15.6. The molecule has 100 valence electrons. The second-order valence-electron chi connectivity index (χ2n) is 3.96. The first-order chi connectivity index (χ1) is 8.67. The Balaban J connectivity index is 2.46. The van der Waals surface area contributed by atoms with Gasteiger partial charge in [-0.25, -0.2) is 0 Å². The molecule has 0 bridgehead atoms. The van der Waals surface area contributed by atoms with E-state index in [-0.39, 0.29) is 18.5 Å². The Hall–Kier alpha value is -1.39. The minimum Gasteiger partial charge on any atom is -0.494 e. The number of benzene rings is 1. The summed E-state index contributed by atoms with van der Waals surface area (Å²) in [4.78, 5) is 11.8. The Labute approximate surface area is 108 Å². The monoisotopic (exact) mass is 252 g/mol. The van der Waals surface area contributed by atoms with E-state index in [0.29, 0.717) is 18.8 Å². The van der Waals surface area contributed by atoms with Crippen LogP contribution in [0.3, 0.4) is 0 Å². The summed E-state index contributed by atoms with van der Waals surface area (Å²) in [7, 11) is 1.61. The molecule has 0 spiro atoms. The predicted molar refractivity (Wildman–Crippen MR) is 69.2 cm³/mol. The Morgan fingerprint density at radius 1 is 1.28 bits per heavy atom. The summed E-state index contributed by atoms with van der Waals surface area (Å²) in [5.74, 6) is 0.726. The summed E-state index contributed by atoms with van der Waals surface area (Å²) >= 11 is 0. The van der Waals surface area contributed by atoms with Crippen molar-refractivity contribution in [2.75, 3.05) is 26.9 Å². The van der Waals surface area contributed by atoms with Gasteiger partial charge in [-0.1, -0.05) is 0 Å². The lowest BCUT2D eigenvalue weighted by Crippen LogP contribution is -2.19. The Bertz CT molecular complexity index is 359.